The molecule has 1 aliphatic rings. The zero-order chi connectivity index (χ0) is 21.0. The van der Waals surface area contributed by atoms with Crippen LogP contribution in [-0.2, 0) is 14.0 Å². The van der Waals surface area contributed by atoms with Crippen LogP contribution in [0.1, 0.15) is 67.7 Å². The smallest absolute Gasteiger partial charge is 0.344 e. The highest BCUT2D eigenvalue weighted by Crippen LogP contribution is 2.52. The molecular formula is C22H41BrO3Si. The van der Waals surface area contributed by atoms with Gasteiger partial charge in [0, 0.05) is 6.61 Å². The summed E-state index contributed by atoms with van der Waals surface area (Å²) in [6.07, 6.45) is 5.35. The first kappa shape index (κ1) is 24.9. The normalized spacial score (nSPS) is 27.3. The average molecular weight is 462 g/mol. The Morgan fingerprint density at radius 1 is 1.33 bits per heavy atom. The molecule has 0 aliphatic heterocycles. The molecule has 0 unspecified atom stereocenters. The number of hydrogen-bond acceptors (Lipinski definition) is 3. The lowest BCUT2D eigenvalue weighted by atomic mass is 9.73. The Hall–Kier alpha value is -0.133. The van der Waals surface area contributed by atoms with Crippen molar-refractivity contribution < 1.29 is 14.0 Å². The van der Waals surface area contributed by atoms with Crippen LogP contribution in [0.5, 0.6) is 0 Å². The number of carbonyl (C=O) groups excluding carboxylic acids is 1. The third-order valence-corrected chi connectivity index (χ3v) is 12.0. The van der Waals surface area contributed by atoms with Crippen LogP contribution in [0.15, 0.2) is 10.6 Å². The fourth-order valence-corrected chi connectivity index (χ4v) is 5.34. The summed E-state index contributed by atoms with van der Waals surface area (Å²) in [5, 5.41) is 0.224. The third-order valence-electron chi connectivity index (χ3n) is 6.91. The van der Waals surface area contributed by atoms with Gasteiger partial charge in [-0.2, -0.15) is 0 Å². The van der Waals surface area contributed by atoms with Crippen LogP contribution in [0, 0.1) is 23.2 Å². The van der Waals surface area contributed by atoms with Crippen LogP contribution in [0.4, 0.5) is 0 Å². The van der Waals surface area contributed by atoms with E-state index in [1.165, 1.54) is 12.8 Å². The van der Waals surface area contributed by atoms with Gasteiger partial charge in [-0.3, -0.25) is 0 Å². The van der Waals surface area contributed by atoms with Gasteiger partial charge in [-0.25, -0.2) is 4.79 Å². The quantitative estimate of drug-likeness (QED) is 0.223. The van der Waals surface area contributed by atoms with Crippen LogP contribution in [0.25, 0.3) is 0 Å². The molecule has 3 atom stereocenters. The fraction of sp³-hybridized carbons (Fsp3) is 0.864. The summed E-state index contributed by atoms with van der Waals surface area (Å²) in [5.74, 6) is 1.55. The summed E-state index contributed by atoms with van der Waals surface area (Å²) in [6.45, 7) is 21.6. The zero-order valence-electron chi connectivity index (χ0n) is 18.9. The first-order valence-electron chi connectivity index (χ1n) is 10.4. The van der Waals surface area contributed by atoms with E-state index in [-0.39, 0.29) is 16.4 Å². The van der Waals surface area contributed by atoms with Crippen molar-refractivity contribution in [1.82, 2.24) is 0 Å². The van der Waals surface area contributed by atoms with Gasteiger partial charge in [-0.15, -0.1) is 0 Å². The maximum absolute atomic E-state index is 11.9. The summed E-state index contributed by atoms with van der Waals surface area (Å²) in [4.78, 5) is 11.9. The monoisotopic (exact) mass is 460 g/mol. The van der Waals surface area contributed by atoms with E-state index < -0.39 is 8.32 Å². The maximum Gasteiger partial charge on any atom is 0.344 e. The van der Waals surface area contributed by atoms with Crippen LogP contribution in [0.3, 0.4) is 0 Å². The second kappa shape index (κ2) is 9.58. The summed E-state index contributed by atoms with van der Waals surface area (Å²) >= 11 is 3.41. The van der Waals surface area contributed by atoms with E-state index >= 15 is 0 Å². The minimum atomic E-state index is -1.77. The van der Waals surface area contributed by atoms with Gasteiger partial charge in [0.05, 0.1) is 11.1 Å². The Bertz CT molecular complexity index is 536. The van der Waals surface area contributed by atoms with E-state index in [4.69, 9.17) is 9.16 Å². The van der Waals surface area contributed by atoms with Crippen molar-refractivity contribution in [2.75, 3.05) is 13.2 Å². The molecular weight excluding hydrogens is 420 g/mol. The number of esters is 1. The Labute approximate surface area is 176 Å². The molecule has 0 radical (unpaired) electrons. The van der Waals surface area contributed by atoms with Crippen LogP contribution in [0.2, 0.25) is 18.1 Å². The van der Waals surface area contributed by atoms with Gasteiger partial charge in [0.15, 0.2) is 8.32 Å². The molecule has 0 N–H and O–H groups in total. The van der Waals surface area contributed by atoms with Gasteiger partial charge in [0.2, 0.25) is 0 Å². The summed E-state index contributed by atoms with van der Waals surface area (Å²) < 4.78 is 12.3. The highest BCUT2D eigenvalue weighted by atomic mass is 79.9. The Morgan fingerprint density at radius 3 is 2.41 bits per heavy atom. The van der Waals surface area contributed by atoms with Crippen molar-refractivity contribution in [2.24, 2.45) is 23.2 Å². The predicted octanol–water partition coefficient (Wildman–Crippen LogP) is 6.93. The van der Waals surface area contributed by atoms with E-state index in [0.29, 0.717) is 28.8 Å². The minimum Gasteiger partial charge on any atom is -0.462 e. The largest absolute Gasteiger partial charge is 0.462 e. The first-order valence-corrected chi connectivity index (χ1v) is 14.1. The summed E-state index contributed by atoms with van der Waals surface area (Å²) in [6, 6.07) is 0. The number of allylic oxidation sites excluding steroid dienone is 1. The first-order chi connectivity index (χ1) is 12.2. The highest BCUT2D eigenvalue weighted by molar-refractivity contribution is 9.12. The number of carbonyl (C=O) groups is 1. The van der Waals surface area contributed by atoms with E-state index in [1.54, 1.807) is 0 Å². The van der Waals surface area contributed by atoms with Crippen molar-refractivity contribution >= 4 is 30.2 Å². The second-order valence-corrected chi connectivity index (χ2v) is 15.9. The lowest BCUT2D eigenvalue weighted by Crippen LogP contribution is -2.44. The van der Waals surface area contributed by atoms with Gasteiger partial charge < -0.3 is 9.16 Å². The molecule has 158 valence electrons. The molecule has 0 aromatic heterocycles. The van der Waals surface area contributed by atoms with Gasteiger partial charge in [0.1, 0.15) is 0 Å². The third kappa shape index (κ3) is 6.43. The molecule has 0 amide bonds. The molecule has 0 saturated heterocycles. The topological polar surface area (TPSA) is 35.5 Å². The molecule has 0 aromatic rings. The molecule has 1 rings (SSSR count). The SMILES string of the molecule is CCOC(=O)/C(Br)=C\C[C@H]1[C@@H](C(C)C)CC[C@]1(C)CO[Si](C)(C)C(C)(C)C. The lowest BCUT2D eigenvalue weighted by molar-refractivity contribution is -0.137. The summed E-state index contributed by atoms with van der Waals surface area (Å²) in [5.41, 5.74) is 0.156. The molecule has 5 heteroatoms. The van der Waals surface area contributed by atoms with Crippen LogP contribution < -0.4 is 0 Å². The molecule has 0 heterocycles. The standard InChI is InChI=1S/C22H41BrO3Si/c1-10-25-20(24)19(23)12-11-18-17(16(2)3)13-14-22(18,7)15-26-27(8,9)21(4,5)6/h12,16-18H,10-11,13-15H2,1-9H3/b19-12+/t17-,18+,22-/m1/s1. The van der Waals surface area contributed by atoms with Gasteiger partial charge >= 0.3 is 5.97 Å². The van der Waals surface area contributed by atoms with E-state index in [9.17, 15) is 4.79 Å². The number of hydrogen-bond donors (Lipinski definition) is 0. The minimum absolute atomic E-state index is 0.156. The van der Waals surface area contributed by atoms with Gasteiger partial charge in [-0.1, -0.05) is 47.6 Å². The van der Waals surface area contributed by atoms with E-state index in [1.807, 2.05) is 13.0 Å². The molecule has 0 spiro atoms. The zero-order valence-corrected chi connectivity index (χ0v) is 21.5. The van der Waals surface area contributed by atoms with Crippen molar-refractivity contribution in [3.63, 3.8) is 0 Å². The number of ether oxygens (including phenoxy) is 1. The molecule has 27 heavy (non-hydrogen) atoms. The van der Waals surface area contributed by atoms with Crippen LogP contribution >= 0.6 is 15.9 Å². The molecule has 3 nitrogen and oxygen atoms in total. The van der Waals surface area contributed by atoms with Crippen molar-refractivity contribution in [3.05, 3.63) is 10.6 Å². The number of halogens is 1. The summed E-state index contributed by atoms with van der Waals surface area (Å²) in [7, 11) is -1.77. The average Bonchev–Trinajstić information content (AvgIpc) is 2.87. The van der Waals surface area contributed by atoms with Gasteiger partial charge in [-0.05, 0) is 83.4 Å². The molecule has 1 fully saturated rings. The highest BCUT2D eigenvalue weighted by Gasteiger charge is 2.47. The van der Waals surface area contributed by atoms with E-state index in [0.717, 1.165) is 13.0 Å². The Kier molecular flexibility index (Phi) is 8.83. The molecule has 1 aliphatic carbocycles. The molecule has 0 aromatic carbocycles. The van der Waals surface area contributed by atoms with Gasteiger partial charge in [0.25, 0.3) is 0 Å². The molecule has 0 bridgehead atoms. The Balaban J connectivity index is 2.96. The predicted molar refractivity (Wildman–Crippen MR) is 121 cm³/mol. The Morgan fingerprint density at radius 2 is 1.93 bits per heavy atom. The van der Waals surface area contributed by atoms with Crippen molar-refractivity contribution in [1.29, 1.82) is 0 Å². The maximum atomic E-state index is 11.9. The van der Waals surface area contributed by atoms with Crippen molar-refractivity contribution in [3.8, 4) is 0 Å². The van der Waals surface area contributed by atoms with Crippen molar-refractivity contribution in [2.45, 2.75) is 85.9 Å². The number of rotatable bonds is 8. The molecule has 1 saturated carbocycles. The lowest BCUT2D eigenvalue weighted by Gasteiger charge is -2.41. The fourth-order valence-electron chi connectivity index (χ4n) is 3.91. The van der Waals surface area contributed by atoms with E-state index in [2.05, 4.69) is 70.6 Å². The second-order valence-electron chi connectivity index (χ2n) is 10.3. The van der Waals surface area contributed by atoms with Crippen LogP contribution in [-0.4, -0.2) is 27.5 Å².